The van der Waals surface area contributed by atoms with E-state index < -0.39 is 0 Å². The van der Waals surface area contributed by atoms with E-state index in [9.17, 15) is 4.79 Å². The lowest BCUT2D eigenvalue weighted by Gasteiger charge is -2.12. The Morgan fingerprint density at radius 2 is 2.43 bits per heavy atom. The van der Waals surface area contributed by atoms with Crippen LogP contribution in [0, 0.1) is 6.92 Å². The minimum Gasteiger partial charge on any atom is -0.436 e. The van der Waals surface area contributed by atoms with Gasteiger partial charge in [-0.3, -0.25) is 9.78 Å². The highest BCUT2D eigenvalue weighted by Crippen LogP contribution is 2.31. The van der Waals surface area contributed by atoms with E-state index in [4.69, 9.17) is 4.74 Å². The van der Waals surface area contributed by atoms with Crippen molar-refractivity contribution in [1.82, 2.24) is 20.1 Å². The number of nitrogens with zero attached hydrogens (tertiary/aromatic N) is 3. The molecule has 0 radical (unpaired) electrons. The molecule has 7 nitrogen and oxygen atoms in total. The van der Waals surface area contributed by atoms with Crippen LogP contribution in [0.25, 0.3) is 0 Å². The smallest absolute Gasteiger partial charge is 0.241 e. The fraction of sp³-hybridized carbons (Fsp3) is 0.438. The summed E-state index contributed by atoms with van der Waals surface area (Å²) in [6, 6.07) is 3.86. The topological polar surface area (TPSA) is 81.1 Å². The molecule has 1 aliphatic rings. The first-order valence-electron chi connectivity index (χ1n) is 7.78. The predicted molar refractivity (Wildman–Crippen MR) is 86.5 cm³/mol. The number of carbonyl (C=O) groups is 1. The Hall–Kier alpha value is -2.41. The minimum atomic E-state index is -0.0310. The van der Waals surface area contributed by atoms with E-state index >= 15 is 0 Å². The SMILES string of the molecule is Cc1nn(C)c(Oc2cccnc2)c1NC(=O)CC1CCCN1. The number of nitrogens with one attached hydrogen (secondary N) is 2. The van der Waals surface area contributed by atoms with Crippen LogP contribution in [0.4, 0.5) is 5.69 Å². The first-order valence-corrected chi connectivity index (χ1v) is 7.78. The molecule has 1 aliphatic heterocycles. The highest BCUT2D eigenvalue weighted by Gasteiger charge is 2.21. The lowest BCUT2D eigenvalue weighted by atomic mass is 10.1. The van der Waals surface area contributed by atoms with Gasteiger partial charge in [0, 0.05) is 25.7 Å². The van der Waals surface area contributed by atoms with Gasteiger partial charge < -0.3 is 15.4 Å². The molecule has 2 aromatic heterocycles. The van der Waals surface area contributed by atoms with Crippen molar-refractivity contribution in [2.24, 2.45) is 7.05 Å². The molecule has 2 N–H and O–H groups in total. The van der Waals surface area contributed by atoms with Crippen LogP contribution in [0.2, 0.25) is 0 Å². The average molecular weight is 315 g/mol. The lowest BCUT2D eigenvalue weighted by molar-refractivity contribution is -0.116. The first kappa shape index (κ1) is 15.5. The summed E-state index contributed by atoms with van der Waals surface area (Å²) in [5.74, 6) is 1.07. The quantitative estimate of drug-likeness (QED) is 0.882. The van der Waals surface area contributed by atoms with Crippen LogP contribution in [0.5, 0.6) is 11.6 Å². The summed E-state index contributed by atoms with van der Waals surface area (Å²) >= 11 is 0. The molecule has 1 atom stereocenters. The van der Waals surface area contributed by atoms with Crippen LogP contribution in [-0.4, -0.2) is 33.3 Å². The third kappa shape index (κ3) is 3.68. The number of rotatable bonds is 5. The number of hydrogen-bond donors (Lipinski definition) is 2. The zero-order valence-electron chi connectivity index (χ0n) is 13.4. The van der Waals surface area contributed by atoms with Gasteiger partial charge in [-0.2, -0.15) is 5.10 Å². The lowest BCUT2D eigenvalue weighted by Crippen LogP contribution is -2.27. The Balaban J connectivity index is 1.74. The molecular weight excluding hydrogens is 294 g/mol. The van der Waals surface area contributed by atoms with Crippen molar-refractivity contribution in [2.45, 2.75) is 32.2 Å². The molecule has 122 valence electrons. The van der Waals surface area contributed by atoms with Gasteiger partial charge in [0.1, 0.15) is 11.4 Å². The maximum Gasteiger partial charge on any atom is 0.241 e. The van der Waals surface area contributed by atoms with E-state index in [0.29, 0.717) is 23.7 Å². The van der Waals surface area contributed by atoms with Gasteiger partial charge in [-0.05, 0) is 38.4 Å². The Kier molecular flexibility index (Phi) is 4.57. The highest BCUT2D eigenvalue weighted by atomic mass is 16.5. The monoisotopic (exact) mass is 315 g/mol. The van der Waals surface area contributed by atoms with Crippen molar-refractivity contribution < 1.29 is 9.53 Å². The van der Waals surface area contributed by atoms with Crippen LogP contribution in [-0.2, 0) is 11.8 Å². The number of anilines is 1. The van der Waals surface area contributed by atoms with Crippen molar-refractivity contribution in [3.63, 3.8) is 0 Å². The molecule has 1 unspecified atom stereocenters. The summed E-state index contributed by atoms with van der Waals surface area (Å²) in [6.07, 6.45) is 5.92. The third-order valence-electron chi connectivity index (χ3n) is 3.88. The Morgan fingerprint density at radius 3 is 3.13 bits per heavy atom. The molecule has 2 aromatic rings. The largest absolute Gasteiger partial charge is 0.436 e. The van der Waals surface area contributed by atoms with Crippen LogP contribution < -0.4 is 15.4 Å². The fourth-order valence-corrected chi connectivity index (χ4v) is 2.76. The van der Waals surface area contributed by atoms with Gasteiger partial charge in [-0.15, -0.1) is 0 Å². The number of hydrogen-bond acceptors (Lipinski definition) is 5. The summed E-state index contributed by atoms with van der Waals surface area (Å²) in [7, 11) is 1.78. The van der Waals surface area contributed by atoms with E-state index in [1.54, 1.807) is 30.2 Å². The van der Waals surface area contributed by atoms with Crippen molar-refractivity contribution in [2.75, 3.05) is 11.9 Å². The number of amides is 1. The number of aromatic nitrogens is 3. The van der Waals surface area contributed by atoms with E-state index in [2.05, 4.69) is 20.7 Å². The number of ether oxygens (including phenoxy) is 1. The zero-order chi connectivity index (χ0) is 16.2. The molecule has 1 fully saturated rings. The summed E-state index contributed by atoms with van der Waals surface area (Å²) < 4.78 is 7.46. The van der Waals surface area contributed by atoms with E-state index in [0.717, 1.165) is 25.1 Å². The van der Waals surface area contributed by atoms with Gasteiger partial charge in [0.05, 0.1) is 11.9 Å². The molecule has 7 heteroatoms. The Morgan fingerprint density at radius 1 is 1.57 bits per heavy atom. The zero-order valence-corrected chi connectivity index (χ0v) is 13.4. The molecule has 0 aromatic carbocycles. The molecular formula is C16H21N5O2. The molecule has 1 saturated heterocycles. The summed E-state index contributed by atoms with van der Waals surface area (Å²) in [4.78, 5) is 16.3. The van der Waals surface area contributed by atoms with Gasteiger partial charge in [-0.25, -0.2) is 4.68 Å². The molecule has 1 amide bonds. The maximum atomic E-state index is 12.3. The van der Waals surface area contributed by atoms with Crippen LogP contribution in [0.1, 0.15) is 25.0 Å². The first-order chi connectivity index (χ1) is 11.1. The molecule has 0 spiro atoms. The van der Waals surface area contributed by atoms with Gasteiger partial charge >= 0.3 is 0 Å². The van der Waals surface area contributed by atoms with Crippen molar-refractivity contribution in [3.8, 4) is 11.6 Å². The second-order valence-corrected chi connectivity index (χ2v) is 5.73. The highest BCUT2D eigenvalue weighted by molar-refractivity contribution is 5.93. The van der Waals surface area contributed by atoms with E-state index in [1.165, 1.54) is 0 Å². The maximum absolute atomic E-state index is 12.3. The minimum absolute atomic E-state index is 0.0310. The van der Waals surface area contributed by atoms with E-state index in [1.807, 2.05) is 13.0 Å². The van der Waals surface area contributed by atoms with Crippen LogP contribution >= 0.6 is 0 Å². The number of pyridine rings is 1. The van der Waals surface area contributed by atoms with Crippen LogP contribution in [0.15, 0.2) is 24.5 Å². The number of carbonyl (C=O) groups excluding carboxylic acids is 1. The van der Waals surface area contributed by atoms with Crippen molar-refractivity contribution in [1.29, 1.82) is 0 Å². The molecule has 0 aliphatic carbocycles. The number of aryl methyl sites for hydroxylation is 2. The van der Waals surface area contributed by atoms with Gasteiger partial charge in [0.2, 0.25) is 11.8 Å². The molecule has 3 rings (SSSR count). The van der Waals surface area contributed by atoms with Gasteiger partial charge in [0.25, 0.3) is 0 Å². The summed E-state index contributed by atoms with van der Waals surface area (Å²) in [5.41, 5.74) is 1.33. The molecule has 3 heterocycles. The van der Waals surface area contributed by atoms with Gasteiger partial charge in [0.15, 0.2) is 0 Å². The second kappa shape index (κ2) is 6.78. The standard InChI is InChI=1S/C16H21N5O2/c1-11-15(19-14(22)9-12-5-3-8-18-12)16(21(2)20-11)23-13-6-4-7-17-10-13/h4,6-7,10,12,18H,3,5,8-9H2,1-2H3,(H,19,22). The second-order valence-electron chi connectivity index (χ2n) is 5.73. The Labute approximate surface area is 135 Å². The molecule has 0 bridgehead atoms. The normalized spacial score (nSPS) is 17.2. The molecule has 0 saturated carbocycles. The Bertz CT molecular complexity index is 677. The predicted octanol–water partition coefficient (Wildman–Crippen LogP) is 2.00. The summed E-state index contributed by atoms with van der Waals surface area (Å²) in [6.45, 7) is 2.83. The summed E-state index contributed by atoms with van der Waals surface area (Å²) in [5, 5.41) is 10.6. The van der Waals surface area contributed by atoms with Crippen molar-refractivity contribution >= 4 is 11.6 Å². The van der Waals surface area contributed by atoms with Gasteiger partial charge in [-0.1, -0.05) is 0 Å². The third-order valence-corrected chi connectivity index (χ3v) is 3.88. The van der Waals surface area contributed by atoms with Crippen molar-refractivity contribution in [3.05, 3.63) is 30.2 Å². The van der Waals surface area contributed by atoms with Crippen LogP contribution in [0.3, 0.4) is 0 Å². The molecule has 23 heavy (non-hydrogen) atoms. The average Bonchev–Trinajstić information content (AvgIpc) is 3.12. The fourth-order valence-electron chi connectivity index (χ4n) is 2.76. The van der Waals surface area contributed by atoms with E-state index in [-0.39, 0.29) is 11.9 Å².